The van der Waals surface area contributed by atoms with Crippen LogP contribution >= 0.6 is 0 Å². The summed E-state index contributed by atoms with van der Waals surface area (Å²) in [7, 11) is 1.28. The van der Waals surface area contributed by atoms with Crippen LogP contribution in [0.5, 0.6) is 0 Å². The molecule has 4 atom stereocenters. The average molecular weight is 716 g/mol. The predicted molar refractivity (Wildman–Crippen MR) is 194 cm³/mol. The molecule has 3 unspecified atom stereocenters. The minimum Gasteiger partial charge on any atom is -0.465 e. The van der Waals surface area contributed by atoms with Gasteiger partial charge < -0.3 is 40.6 Å². The first-order valence-corrected chi connectivity index (χ1v) is 17.8. The molecular weight excluding hydrogens is 666 g/mol. The number of alkyl carbamates (subject to hydrolysis) is 1. The number of benzene rings is 2. The van der Waals surface area contributed by atoms with E-state index in [-0.39, 0.29) is 35.6 Å². The third-order valence-electron chi connectivity index (χ3n) is 9.84. The predicted octanol–water partition coefficient (Wildman–Crippen LogP) is 4.69. The quantitative estimate of drug-likeness (QED) is 0.179. The van der Waals surface area contributed by atoms with Crippen molar-refractivity contribution in [1.29, 1.82) is 0 Å². The molecule has 14 nitrogen and oxygen atoms in total. The highest BCUT2D eigenvalue weighted by molar-refractivity contribution is 5.92. The number of ether oxygens (including phenoxy) is 1. The van der Waals surface area contributed by atoms with Gasteiger partial charge in [-0.1, -0.05) is 76.2 Å². The maximum absolute atomic E-state index is 13.5. The van der Waals surface area contributed by atoms with E-state index in [9.17, 15) is 29.1 Å². The van der Waals surface area contributed by atoms with Crippen molar-refractivity contribution in [3.05, 3.63) is 66.1 Å². The molecule has 2 aliphatic heterocycles. The number of methoxy groups -OCH3 is 1. The molecule has 0 bridgehead atoms. The van der Waals surface area contributed by atoms with Crippen LogP contribution in [-0.4, -0.2) is 93.1 Å². The molecule has 14 heteroatoms. The Morgan fingerprint density at radius 2 is 1.38 bits per heavy atom. The Balaban J connectivity index is 1.18. The molecule has 278 valence electrons. The molecule has 5 rings (SSSR count). The Kier molecular flexibility index (Phi) is 12.2. The smallest absolute Gasteiger partial charge is 0.407 e. The molecule has 3 heterocycles. The number of hydrogen-bond acceptors (Lipinski definition) is 7. The van der Waals surface area contributed by atoms with Crippen molar-refractivity contribution in [2.45, 2.75) is 84.1 Å². The van der Waals surface area contributed by atoms with E-state index in [0.29, 0.717) is 38.3 Å². The Morgan fingerprint density at radius 3 is 2.00 bits per heavy atom. The summed E-state index contributed by atoms with van der Waals surface area (Å²) in [5.74, 6) is -0.453. The zero-order chi connectivity index (χ0) is 37.5. The van der Waals surface area contributed by atoms with Crippen molar-refractivity contribution in [1.82, 2.24) is 35.7 Å². The molecule has 0 aliphatic carbocycles. The standard InChI is InChI=1S/C38H49N7O7/c1-22(2)31(42-37(49)50)35(47)45-19-7-9-30(45)34(46)40-20-24-10-12-25(13-11-24)26-14-16-27(17-15-26)28-21-39-33(41-28)29-8-6-18-44(29)36(48)32(23(3)4)43-38(51)52-5/h10-17,21-23,29-32,42H,6-9,18-20H2,1-5H3,(H,39,41)(H,40,46)(H,43,51)(H,49,50)/t29?,30?,31-,32?/m0/s1. The largest absolute Gasteiger partial charge is 0.465 e. The molecule has 3 aromatic rings. The van der Waals surface area contributed by atoms with Gasteiger partial charge in [0.05, 0.1) is 25.0 Å². The number of H-pyrrole nitrogens is 1. The second kappa shape index (κ2) is 16.7. The van der Waals surface area contributed by atoms with Crippen molar-refractivity contribution in [2.24, 2.45) is 11.8 Å². The van der Waals surface area contributed by atoms with Crippen LogP contribution in [0.25, 0.3) is 22.4 Å². The summed E-state index contributed by atoms with van der Waals surface area (Å²) in [6.07, 6.45) is 2.67. The lowest BCUT2D eigenvalue weighted by atomic mass is 10.0. The topological polar surface area (TPSA) is 186 Å². The second-order valence-corrected chi connectivity index (χ2v) is 14.1. The Morgan fingerprint density at radius 1 is 0.827 bits per heavy atom. The van der Waals surface area contributed by atoms with Gasteiger partial charge >= 0.3 is 12.2 Å². The van der Waals surface area contributed by atoms with Crippen LogP contribution in [0.3, 0.4) is 0 Å². The molecule has 52 heavy (non-hydrogen) atoms. The van der Waals surface area contributed by atoms with E-state index >= 15 is 0 Å². The van der Waals surface area contributed by atoms with Crippen LogP contribution in [0.4, 0.5) is 9.59 Å². The van der Waals surface area contributed by atoms with Gasteiger partial charge in [0, 0.05) is 19.6 Å². The number of rotatable bonds is 12. The van der Waals surface area contributed by atoms with E-state index in [0.717, 1.165) is 40.8 Å². The van der Waals surface area contributed by atoms with Crippen LogP contribution in [0.1, 0.15) is 70.8 Å². The minimum atomic E-state index is -1.27. The lowest BCUT2D eigenvalue weighted by molar-refractivity contribution is -0.140. The van der Waals surface area contributed by atoms with Crippen molar-refractivity contribution in [2.75, 3.05) is 20.2 Å². The number of imidazole rings is 1. The van der Waals surface area contributed by atoms with E-state index in [1.54, 1.807) is 24.9 Å². The molecule has 2 aromatic carbocycles. The van der Waals surface area contributed by atoms with Crippen LogP contribution in [0.15, 0.2) is 54.7 Å². The van der Waals surface area contributed by atoms with Crippen LogP contribution < -0.4 is 16.0 Å². The van der Waals surface area contributed by atoms with Gasteiger partial charge in [-0.05, 0) is 59.8 Å². The second-order valence-electron chi connectivity index (χ2n) is 14.1. The molecule has 5 amide bonds. The van der Waals surface area contributed by atoms with Crippen molar-refractivity contribution in [3.63, 3.8) is 0 Å². The van der Waals surface area contributed by atoms with Gasteiger partial charge in [-0.2, -0.15) is 0 Å². The third kappa shape index (κ3) is 8.72. The lowest BCUT2D eigenvalue weighted by Gasteiger charge is -2.30. The monoisotopic (exact) mass is 715 g/mol. The number of hydrogen-bond donors (Lipinski definition) is 5. The van der Waals surface area contributed by atoms with Gasteiger partial charge in [0.25, 0.3) is 0 Å². The Bertz CT molecular complexity index is 1740. The first kappa shape index (κ1) is 37.8. The average Bonchev–Trinajstić information content (AvgIpc) is 3.93. The summed E-state index contributed by atoms with van der Waals surface area (Å²) < 4.78 is 4.73. The first-order valence-electron chi connectivity index (χ1n) is 17.8. The van der Waals surface area contributed by atoms with Gasteiger partial charge in [0.15, 0.2) is 0 Å². The third-order valence-corrected chi connectivity index (χ3v) is 9.84. The highest BCUT2D eigenvalue weighted by atomic mass is 16.5. The molecule has 2 saturated heterocycles. The fourth-order valence-electron chi connectivity index (χ4n) is 6.94. The van der Waals surface area contributed by atoms with Gasteiger partial charge in [-0.3, -0.25) is 14.4 Å². The maximum Gasteiger partial charge on any atom is 0.407 e. The van der Waals surface area contributed by atoms with Crippen LogP contribution in [-0.2, 0) is 25.7 Å². The van der Waals surface area contributed by atoms with Crippen LogP contribution in [0.2, 0.25) is 0 Å². The highest BCUT2D eigenvalue weighted by Gasteiger charge is 2.39. The van der Waals surface area contributed by atoms with Gasteiger partial charge in [0.1, 0.15) is 23.9 Å². The number of aromatic nitrogens is 2. The van der Waals surface area contributed by atoms with E-state index in [1.807, 2.05) is 62.4 Å². The zero-order valence-electron chi connectivity index (χ0n) is 30.3. The normalized spacial score (nSPS) is 18.3. The molecule has 2 fully saturated rings. The number of carbonyl (C=O) groups is 5. The van der Waals surface area contributed by atoms with E-state index < -0.39 is 30.3 Å². The molecule has 0 spiro atoms. The number of nitrogens with one attached hydrogen (secondary N) is 4. The number of amides is 5. The fraction of sp³-hybridized carbons (Fsp3) is 0.474. The summed E-state index contributed by atoms with van der Waals surface area (Å²) in [5, 5.41) is 17.1. The summed E-state index contributed by atoms with van der Waals surface area (Å²) in [6, 6.07) is 13.5. The first-order chi connectivity index (χ1) is 24.9. The highest BCUT2D eigenvalue weighted by Crippen LogP contribution is 2.33. The zero-order valence-corrected chi connectivity index (χ0v) is 30.3. The number of aromatic amines is 1. The van der Waals surface area contributed by atoms with Crippen molar-refractivity contribution < 1.29 is 33.8 Å². The van der Waals surface area contributed by atoms with Gasteiger partial charge in [-0.25, -0.2) is 14.6 Å². The Labute approximate surface area is 303 Å². The van der Waals surface area contributed by atoms with Gasteiger partial charge in [0.2, 0.25) is 17.7 Å². The summed E-state index contributed by atoms with van der Waals surface area (Å²) >= 11 is 0. The minimum absolute atomic E-state index is 0.114. The van der Waals surface area contributed by atoms with E-state index in [1.165, 1.54) is 12.0 Å². The number of nitrogens with zero attached hydrogens (tertiary/aromatic N) is 3. The SMILES string of the molecule is COC(=O)NC(C(=O)N1CCCC1c1ncc(-c2ccc(-c3ccc(CNC(=O)C4CCCN4C(=O)[C@@H](NC(=O)O)C(C)C)cc3)cc2)[nH]1)C(C)C. The summed E-state index contributed by atoms with van der Waals surface area (Å²) in [4.78, 5) is 74.2. The molecule has 0 saturated carbocycles. The fourth-order valence-corrected chi connectivity index (χ4v) is 6.94. The lowest BCUT2D eigenvalue weighted by Crippen LogP contribution is -2.55. The summed E-state index contributed by atoms with van der Waals surface area (Å²) in [6.45, 7) is 8.60. The number of carboxylic acid groups (broad SMARTS) is 1. The van der Waals surface area contributed by atoms with E-state index in [4.69, 9.17) is 4.74 Å². The van der Waals surface area contributed by atoms with Crippen molar-refractivity contribution >= 4 is 29.9 Å². The number of carbonyl (C=O) groups excluding carboxylic acids is 4. The molecular formula is C38H49N7O7. The van der Waals surface area contributed by atoms with Crippen molar-refractivity contribution in [3.8, 4) is 22.4 Å². The summed E-state index contributed by atoms with van der Waals surface area (Å²) in [5.41, 5.74) is 4.70. The van der Waals surface area contributed by atoms with Crippen LogP contribution in [0, 0.1) is 11.8 Å². The maximum atomic E-state index is 13.5. The molecule has 5 N–H and O–H groups in total. The van der Waals surface area contributed by atoms with Gasteiger partial charge in [-0.15, -0.1) is 0 Å². The molecule has 1 aromatic heterocycles. The molecule has 0 radical (unpaired) electrons. The number of likely N-dealkylation sites (tertiary alicyclic amines) is 2. The Hall–Kier alpha value is -5.40. The van der Waals surface area contributed by atoms with E-state index in [2.05, 4.69) is 25.9 Å². The molecule has 2 aliphatic rings.